The number of carboxylic acids is 3. The van der Waals surface area contributed by atoms with Gasteiger partial charge in [-0.25, -0.2) is 4.79 Å². The Hall–Kier alpha value is -2.21. The SMILES string of the molecule is CCCCCCCCCCCCCCCCCCN(C(=O)[C@H](CC(=O)O)S(=O)(=O)O)[C@@H](CC(=O)O)C(=O)O. The number of nitrogens with zero attached hydrogens (tertiary/aromatic N) is 1. The van der Waals surface area contributed by atoms with Crippen molar-refractivity contribution in [3.8, 4) is 0 Å². The van der Waals surface area contributed by atoms with Crippen molar-refractivity contribution in [1.29, 1.82) is 0 Å². The molecular formula is C26H47NO10S. The van der Waals surface area contributed by atoms with Gasteiger partial charge in [0.25, 0.3) is 10.1 Å². The second-order valence-electron chi connectivity index (χ2n) is 9.89. The third-order valence-electron chi connectivity index (χ3n) is 6.56. The Morgan fingerprint density at radius 2 is 1.00 bits per heavy atom. The van der Waals surface area contributed by atoms with Crippen molar-refractivity contribution in [1.82, 2.24) is 4.90 Å². The predicted molar refractivity (Wildman–Crippen MR) is 143 cm³/mol. The van der Waals surface area contributed by atoms with Crippen molar-refractivity contribution < 1.29 is 47.5 Å². The Morgan fingerprint density at radius 1 is 0.632 bits per heavy atom. The summed E-state index contributed by atoms with van der Waals surface area (Å²) in [7, 11) is -5.17. The molecule has 0 saturated heterocycles. The zero-order chi connectivity index (χ0) is 29.0. The third kappa shape index (κ3) is 17.3. The van der Waals surface area contributed by atoms with Crippen LogP contribution in [0.25, 0.3) is 0 Å². The van der Waals surface area contributed by atoms with E-state index in [2.05, 4.69) is 6.92 Å². The van der Waals surface area contributed by atoms with Crippen LogP contribution in [-0.4, -0.2) is 74.8 Å². The molecule has 4 N–H and O–H groups in total. The summed E-state index contributed by atoms with van der Waals surface area (Å²) in [5, 5.41) is 25.0. The van der Waals surface area contributed by atoms with Crippen LogP contribution in [0.5, 0.6) is 0 Å². The molecule has 0 saturated carbocycles. The molecule has 11 nitrogen and oxygen atoms in total. The van der Waals surface area contributed by atoms with Crippen molar-refractivity contribution in [2.45, 2.75) is 134 Å². The van der Waals surface area contributed by atoms with Gasteiger partial charge in [-0.1, -0.05) is 103 Å². The highest BCUT2D eigenvalue weighted by Gasteiger charge is 2.41. The van der Waals surface area contributed by atoms with Gasteiger partial charge in [-0.05, 0) is 6.42 Å². The van der Waals surface area contributed by atoms with E-state index in [0.717, 1.165) is 25.7 Å². The van der Waals surface area contributed by atoms with Gasteiger partial charge in [0.15, 0.2) is 5.25 Å². The van der Waals surface area contributed by atoms with E-state index >= 15 is 0 Å². The second kappa shape index (κ2) is 20.7. The molecule has 0 aliphatic rings. The van der Waals surface area contributed by atoms with Crippen LogP contribution in [0.4, 0.5) is 0 Å². The van der Waals surface area contributed by atoms with Gasteiger partial charge in [-0.3, -0.25) is 18.9 Å². The number of carbonyl (C=O) groups excluding carboxylic acids is 1. The minimum Gasteiger partial charge on any atom is -0.481 e. The van der Waals surface area contributed by atoms with E-state index in [9.17, 15) is 37.3 Å². The highest BCUT2D eigenvalue weighted by molar-refractivity contribution is 7.87. The van der Waals surface area contributed by atoms with Crippen molar-refractivity contribution in [2.24, 2.45) is 0 Å². The van der Waals surface area contributed by atoms with Crippen LogP contribution in [0, 0.1) is 0 Å². The molecular weight excluding hydrogens is 518 g/mol. The molecule has 38 heavy (non-hydrogen) atoms. The average molecular weight is 566 g/mol. The maximum atomic E-state index is 12.8. The van der Waals surface area contributed by atoms with Gasteiger partial charge >= 0.3 is 17.9 Å². The number of hydrogen-bond acceptors (Lipinski definition) is 6. The van der Waals surface area contributed by atoms with Crippen LogP contribution in [-0.2, 0) is 29.3 Å². The van der Waals surface area contributed by atoms with Crippen LogP contribution < -0.4 is 0 Å². The molecule has 0 radical (unpaired) electrons. The first-order chi connectivity index (χ1) is 17.9. The fourth-order valence-electron chi connectivity index (χ4n) is 4.41. The third-order valence-corrected chi connectivity index (χ3v) is 7.65. The molecule has 0 unspecified atom stereocenters. The molecule has 0 aliphatic heterocycles. The Kier molecular flexibility index (Phi) is 19.5. The molecule has 1 amide bonds. The first-order valence-electron chi connectivity index (χ1n) is 13.8. The van der Waals surface area contributed by atoms with E-state index in [1.165, 1.54) is 64.2 Å². The number of amides is 1. The van der Waals surface area contributed by atoms with E-state index in [1.54, 1.807) is 0 Å². The normalized spacial score (nSPS) is 13.1. The number of hydrogen-bond donors (Lipinski definition) is 4. The van der Waals surface area contributed by atoms with Gasteiger partial charge in [0, 0.05) is 6.54 Å². The first-order valence-corrected chi connectivity index (χ1v) is 15.3. The number of aliphatic carboxylic acids is 3. The van der Waals surface area contributed by atoms with Gasteiger partial charge in [-0.2, -0.15) is 8.42 Å². The van der Waals surface area contributed by atoms with Gasteiger partial charge in [0.2, 0.25) is 5.91 Å². The molecule has 0 heterocycles. The van der Waals surface area contributed by atoms with Gasteiger partial charge in [0.1, 0.15) is 6.04 Å². The zero-order valence-corrected chi connectivity index (χ0v) is 23.5. The Bertz CT molecular complexity index is 815. The lowest BCUT2D eigenvalue weighted by molar-refractivity contribution is -0.155. The summed E-state index contributed by atoms with van der Waals surface area (Å²) in [6.07, 6.45) is 15.3. The molecule has 0 aromatic heterocycles. The van der Waals surface area contributed by atoms with Crippen LogP contribution in [0.15, 0.2) is 0 Å². The number of rotatable bonds is 25. The fraction of sp³-hybridized carbons (Fsp3) is 0.846. The quantitative estimate of drug-likeness (QED) is 0.0889. The zero-order valence-electron chi connectivity index (χ0n) is 22.7. The summed E-state index contributed by atoms with van der Waals surface area (Å²) in [6, 6.07) is -1.89. The van der Waals surface area contributed by atoms with Crippen LogP contribution in [0.2, 0.25) is 0 Å². The van der Waals surface area contributed by atoms with Crippen LogP contribution in [0.1, 0.15) is 122 Å². The molecule has 0 bridgehead atoms. The number of carboxylic acid groups (broad SMARTS) is 3. The van der Waals surface area contributed by atoms with Crippen molar-refractivity contribution in [3.05, 3.63) is 0 Å². The molecule has 0 rings (SSSR count). The van der Waals surface area contributed by atoms with E-state index in [0.29, 0.717) is 11.3 Å². The maximum Gasteiger partial charge on any atom is 0.327 e. The predicted octanol–water partition coefficient (Wildman–Crippen LogP) is 4.74. The van der Waals surface area contributed by atoms with E-state index in [4.69, 9.17) is 10.2 Å². The first kappa shape index (κ1) is 35.8. The van der Waals surface area contributed by atoms with Gasteiger partial charge in [-0.15, -0.1) is 0 Å². The summed E-state index contributed by atoms with van der Waals surface area (Å²) >= 11 is 0. The van der Waals surface area contributed by atoms with E-state index < -0.39 is 58.1 Å². The molecule has 0 spiro atoms. The Morgan fingerprint density at radius 3 is 1.32 bits per heavy atom. The molecule has 0 aromatic rings. The largest absolute Gasteiger partial charge is 0.481 e. The fourth-order valence-corrected chi connectivity index (χ4v) is 5.15. The Balaban J connectivity index is 4.56. The summed E-state index contributed by atoms with van der Waals surface area (Å²) < 4.78 is 32.6. The van der Waals surface area contributed by atoms with Gasteiger partial charge < -0.3 is 20.2 Å². The summed E-state index contributed by atoms with van der Waals surface area (Å²) in [6.45, 7) is 1.95. The molecule has 0 aromatic carbocycles. The highest BCUT2D eigenvalue weighted by Crippen LogP contribution is 2.18. The standard InChI is InChI=1S/C26H47NO10S/c1-2-3-4-5-6-7-8-9-10-11-12-13-14-15-16-17-18-27(21(26(33)34)19-23(28)29)25(32)22(20-24(30)31)38(35,36)37/h21-22H,2-20H2,1H3,(H,28,29)(H,30,31)(H,33,34)(H,35,36,37)/t21-,22-/m0/s1. The van der Waals surface area contributed by atoms with Crippen LogP contribution in [0.3, 0.4) is 0 Å². The highest BCUT2D eigenvalue weighted by atomic mass is 32.2. The molecule has 222 valence electrons. The summed E-state index contributed by atoms with van der Waals surface area (Å²) in [4.78, 5) is 47.2. The molecule has 12 heteroatoms. The maximum absolute atomic E-state index is 12.8. The lowest BCUT2D eigenvalue weighted by Crippen LogP contribution is -2.52. The summed E-state index contributed by atoms with van der Waals surface area (Å²) in [5.41, 5.74) is 0. The monoisotopic (exact) mass is 565 g/mol. The minimum absolute atomic E-state index is 0.271. The van der Waals surface area contributed by atoms with Crippen LogP contribution >= 0.6 is 0 Å². The lowest BCUT2D eigenvalue weighted by atomic mass is 10.0. The van der Waals surface area contributed by atoms with Crippen molar-refractivity contribution in [2.75, 3.05) is 6.54 Å². The average Bonchev–Trinajstić information content (AvgIpc) is 2.82. The second-order valence-corrected chi connectivity index (χ2v) is 11.5. The van der Waals surface area contributed by atoms with E-state index in [1.807, 2.05) is 0 Å². The van der Waals surface area contributed by atoms with Crippen molar-refractivity contribution >= 4 is 33.9 Å². The van der Waals surface area contributed by atoms with E-state index in [-0.39, 0.29) is 13.0 Å². The molecule has 2 atom stereocenters. The molecule has 0 fully saturated rings. The molecule has 0 aliphatic carbocycles. The topological polar surface area (TPSA) is 187 Å². The number of unbranched alkanes of at least 4 members (excludes halogenated alkanes) is 15. The lowest BCUT2D eigenvalue weighted by Gasteiger charge is -2.30. The number of carbonyl (C=O) groups is 4. The minimum atomic E-state index is -5.17. The van der Waals surface area contributed by atoms with Gasteiger partial charge in [0.05, 0.1) is 12.8 Å². The smallest absolute Gasteiger partial charge is 0.327 e. The summed E-state index contributed by atoms with van der Waals surface area (Å²) in [5.74, 6) is -6.32. The Labute approximate surface area is 226 Å². The van der Waals surface area contributed by atoms with Crippen molar-refractivity contribution in [3.63, 3.8) is 0 Å².